The minimum absolute atomic E-state index is 0.0207. The fraction of sp³-hybridized carbons (Fsp3) is 0.571. The Morgan fingerprint density at radius 3 is 2.91 bits per heavy atom. The molecule has 0 spiro atoms. The number of alkyl halides is 1. The molecule has 1 rings (SSSR count). The molecular weight excluding hydrogens is 145 g/mol. The average Bonchev–Trinajstić information content (AvgIpc) is 2.39. The minimum Gasteiger partial charge on any atom is -0.327 e. The van der Waals surface area contributed by atoms with Gasteiger partial charge in [-0.15, -0.1) is 0 Å². The van der Waals surface area contributed by atoms with Crippen LogP contribution in [-0.2, 0) is 6.54 Å². The third-order valence-corrected chi connectivity index (χ3v) is 1.48. The molecule has 0 aliphatic rings. The van der Waals surface area contributed by atoms with Gasteiger partial charge < -0.3 is 5.73 Å². The molecule has 0 aromatic carbocycles. The van der Waals surface area contributed by atoms with E-state index in [9.17, 15) is 4.39 Å². The lowest BCUT2D eigenvalue weighted by Gasteiger charge is -2.17. The van der Waals surface area contributed by atoms with Crippen molar-refractivity contribution in [2.75, 3.05) is 6.54 Å². The van der Waals surface area contributed by atoms with E-state index in [-0.39, 0.29) is 13.1 Å². The summed E-state index contributed by atoms with van der Waals surface area (Å²) in [6.45, 7) is 1.71. The first-order valence-corrected chi connectivity index (χ1v) is 3.50. The Hall–Kier alpha value is -0.900. The Morgan fingerprint density at radius 2 is 2.45 bits per heavy atom. The van der Waals surface area contributed by atoms with Gasteiger partial charge in [0.2, 0.25) is 0 Å². The minimum atomic E-state index is -1.36. The molecule has 1 aromatic heterocycles. The van der Waals surface area contributed by atoms with E-state index in [0.29, 0.717) is 0 Å². The van der Waals surface area contributed by atoms with Crippen LogP contribution in [0.3, 0.4) is 0 Å². The van der Waals surface area contributed by atoms with E-state index in [1.54, 1.807) is 18.5 Å². The van der Waals surface area contributed by atoms with E-state index < -0.39 is 5.67 Å². The molecule has 1 unspecified atom stereocenters. The average molecular weight is 157 g/mol. The molecule has 2 N–H and O–H groups in total. The topological polar surface area (TPSA) is 43.8 Å². The van der Waals surface area contributed by atoms with Gasteiger partial charge in [0.25, 0.3) is 0 Å². The van der Waals surface area contributed by atoms with Crippen molar-refractivity contribution in [3.05, 3.63) is 18.5 Å². The van der Waals surface area contributed by atoms with Gasteiger partial charge in [-0.3, -0.25) is 4.68 Å². The first-order valence-electron chi connectivity index (χ1n) is 3.50. The highest BCUT2D eigenvalue weighted by molar-refractivity contribution is 4.82. The summed E-state index contributed by atoms with van der Waals surface area (Å²) in [4.78, 5) is 0. The van der Waals surface area contributed by atoms with Crippen LogP contribution in [0.5, 0.6) is 0 Å². The molecule has 11 heavy (non-hydrogen) atoms. The maximum atomic E-state index is 13.2. The van der Waals surface area contributed by atoms with Gasteiger partial charge in [-0.2, -0.15) is 5.10 Å². The molecule has 1 atom stereocenters. The van der Waals surface area contributed by atoms with Crippen LogP contribution in [0, 0.1) is 0 Å². The van der Waals surface area contributed by atoms with Gasteiger partial charge >= 0.3 is 0 Å². The quantitative estimate of drug-likeness (QED) is 0.697. The monoisotopic (exact) mass is 157 g/mol. The molecule has 62 valence electrons. The Morgan fingerprint density at radius 1 is 1.73 bits per heavy atom. The van der Waals surface area contributed by atoms with Crippen LogP contribution >= 0.6 is 0 Å². The van der Waals surface area contributed by atoms with Crippen LogP contribution in [-0.4, -0.2) is 22.0 Å². The number of nitrogens with zero attached hydrogens (tertiary/aromatic N) is 2. The van der Waals surface area contributed by atoms with E-state index in [1.807, 2.05) is 0 Å². The lowest BCUT2D eigenvalue weighted by Crippen LogP contribution is -2.34. The second-order valence-corrected chi connectivity index (χ2v) is 2.82. The standard InChI is InChI=1S/C7H12FN3/c1-7(8,5-9)6-11-4-2-3-10-11/h2-4H,5-6,9H2,1H3. The molecule has 0 radical (unpaired) electrons. The molecule has 0 fully saturated rings. The van der Waals surface area contributed by atoms with Gasteiger partial charge in [0.1, 0.15) is 5.67 Å². The summed E-state index contributed by atoms with van der Waals surface area (Å²) in [6.07, 6.45) is 3.33. The molecule has 0 amide bonds. The highest BCUT2D eigenvalue weighted by atomic mass is 19.1. The molecule has 3 nitrogen and oxygen atoms in total. The number of rotatable bonds is 3. The van der Waals surface area contributed by atoms with Gasteiger partial charge in [0.15, 0.2) is 0 Å². The van der Waals surface area contributed by atoms with Crippen molar-refractivity contribution >= 4 is 0 Å². The molecule has 0 saturated heterocycles. The first-order chi connectivity index (χ1) is 5.14. The summed E-state index contributed by atoms with van der Waals surface area (Å²) >= 11 is 0. The van der Waals surface area contributed by atoms with Crippen LogP contribution in [0.4, 0.5) is 4.39 Å². The van der Waals surface area contributed by atoms with Gasteiger partial charge in [-0.1, -0.05) is 0 Å². The molecule has 1 aromatic rings. The number of nitrogens with two attached hydrogens (primary N) is 1. The largest absolute Gasteiger partial charge is 0.327 e. The second kappa shape index (κ2) is 3.00. The zero-order valence-electron chi connectivity index (χ0n) is 6.50. The van der Waals surface area contributed by atoms with Crippen LogP contribution in [0.25, 0.3) is 0 Å². The van der Waals surface area contributed by atoms with Gasteiger partial charge in [-0.05, 0) is 13.0 Å². The van der Waals surface area contributed by atoms with E-state index in [1.165, 1.54) is 11.6 Å². The Bertz CT molecular complexity index is 205. The van der Waals surface area contributed by atoms with Crippen LogP contribution in [0.2, 0.25) is 0 Å². The van der Waals surface area contributed by atoms with Crippen molar-refractivity contribution in [3.8, 4) is 0 Å². The number of halogens is 1. The maximum Gasteiger partial charge on any atom is 0.139 e. The van der Waals surface area contributed by atoms with Crippen molar-refractivity contribution in [2.45, 2.75) is 19.1 Å². The predicted octanol–water partition coefficient (Wildman–Crippen LogP) is 0.570. The Kier molecular flexibility index (Phi) is 2.24. The second-order valence-electron chi connectivity index (χ2n) is 2.82. The van der Waals surface area contributed by atoms with E-state index >= 15 is 0 Å². The summed E-state index contributed by atoms with van der Waals surface area (Å²) in [5.41, 5.74) is 3.85. The number of aromatic nitrogens is 2. The Balaban J connectivity index is 2.56. The normalized spacial score (nSPS) is 16.3. The first kappa shape index (κ1) is 8.20. The van der Waals surface area contributed by atoms with Gasteiger partial charge in [0, 0.05) is 18.9 Å². The van der Waals surface area contributed by atoms with Crippen molar-refractivity contribution in [2.24, 2.45) is 5.73 Å². The summed E-state index contributed by atoms with van der Waals surface area (Å²) in [5.74, 6) is 0. The van der Waals surface area contributed by atoms with Crippen molar-refractivity contribution in [3.63, 3.8) is 0 Å². The lowest BCUT2D eigenvalue weighted by molar-refractivity contribution is 0.164. The molecule has 0 saturated carbocycles. The predicted molar refractivity (Wildman–Crippen MR) is 40.8 cm³/mol. The van der Waals surface area contributed by atoms with Crippen molar-refractivity contribution in [1.29, 1.82) is 0 Å². The molecule has 0 bridgehead atoms. The fourth-order valence-electron chi connectivity index (χ4n) is 0.796. The maximum absolute atomic E-state index is 13.2. The van der Waals surface area contributed by atoms with Gasteiger partial charge in [0.05, 0.1) is 6.54 Å². The van der Waals surface area contributed by atoms with Crippen LogP contribution in [0.1, 0.15) is 6.92 Å². The lowest BCUT2D eigenvalue weighted by atomic mass is 10.1. The van der Waals surface area contributed by atoms with Crippen molar-refractivity contribution in [1.82, 2.24) is 9.78 Å². The molecule has 0 aliphatic heterocycles. The Labute approximate surface area is 65.0 Å². The summed E-state index contributed by atoms with van der Waals surface area (Å²) in [6, 6.07) is 1.76. The number of hydrogen-bond donors (Lipinski definition) is 1. The van der Waals surface area contributed by atoms with Crippen LogP contribution < -0.4 is 5.73 Å². The van der Waals surface area contributed by atoms with Crippen LogP contribution in [0.15, 0.2) is 18.5 Å². The van der Waals surface area contributed by atoms with E-state index in [4.69, 9.17) is 5.73 Å². The SMILES string of the molecule is CC(F)(CN)Cn1cccn1. The smallest absolute Gasteiger partial charge is 0.139 e. The van der Waals surface area contributed by atoms with E-state index in [0.717, 1.165) is 0 Å². The molecular formula is C7H12FN3. The van der Waals surface area contributed by atoms with Crippen molar-refractivity contribution < 1.29 is 4.39 Å². The molecule has 1 heterocycles. The molecule has 0 aliphatic carbocycles. The third-order valence-electron chi connectivity index (χ3n) is 1.48. The summed E-state index contributed by atoms with van der Waals surface area (Å²) in [7, 11) is 0. The zero-order chi connectivity index (χ0) is 8.32. The summed E-state index contributed by atoms with van der Waals surface area (Å²) in [5, 5.41) is 3.87. The van der Waals surface area contributed by atoms with Gasteiger partial charge in [-0.25, -0.2) is 4.39 Å². The zero-order valence-corrected chi connectivity index (χ0v) is 6.50. The number of hydrogen-bond acceptors (Lipinski definition) is 2. The van der Waals surface area contributed by atoms with E-state index in [2.05, 4.69) is 5.10 Å². The highest BCUT2D eigenvalue weighted by Gasteiger charge is 2.21. The third kappa shape index (κ3) is 2.31. The summed E-state index contributed by atoms with van der Waals surface area (Å²) < 4.78 is 14.7. The molecule has 4 heteroatoms. The fourth-order valence-corrected chi connectivity index (χ4v) is 0.796. The highest BCUT2D eigenvalue weighted by Crippen LogP contribution is 2.09.